The van der Waals surface area contributed by atoms with Gasteiger partial charge in [0.15, 0.2) is 0 Å². The van der Waals surface area contributed by atoms with E-state index in [0.717, 1.165) is 36.8 Å². The maximum Gasteiger partial charge on any atom is 0.407 e. The molecule has 0 spiro atoms. The van der Waals surface area contributed by atoms with Gasteiger partial charge in [-0.1, -0.05) is 74.2 Å². The smallest absolute Gasteiger partial charge is 0.407 e. The summed E-state index contributed by atoms with van der Waals surface area (Å²) in [6.45, 7) is 0.487. The highest BCUT2D eigenvalue weighted by Crippen LogP contribution is 2.44. The molecule has 0 atom stereocenters. The van der Waals surface area contributed by atoms with Gasteiger partial charge in [0.2, 0.25) is 5.91 Å². The fourth-order valence-corrected chi connectivity index (χ4v) is 5.25. The van der Waals surface area contributed by atoms with Gasteiger partial charge in [0.05, 0.1) is 11.8 Å². The van der Waals surface area contributed by atoms with Gasteiger partial charge in [0.1, 0.15) is 6.61 Å². The second-order valence-electron chi connectivity index (χ2n) is 9.27. The molecule has 2 aromatic rings. The number of amides is 2. The second kappa shape index (κ2) is 10.7. The first-order chi connectivity index (χ1) is 16.5. The number of alkyl carbamates (subject to hydrolysis) is 1. The van der Waals surface area contributed by atoms with E-state index in [4.69, 9.17) is 9.84 Å². The Morgan fingerprint density at radius 2 is 1.47 bits per heavy atom. The number of ether oxygens (including phenoxy) is 1. The van der Waals surface area contributed by atoms with Crippen molar-refractivity contribution in [1.82, 2.24) is 10.6 Å². The molecule has 2 amide bonds. The van der Waals surface area contributed by atoms with Crippen molar-refractivity contribution >= 4 is 18.0 Å². The minimum Gasteiger partial charge on any atom is -0.481 e. The second-order valence-corrected chi connectivity index (χ2v) is 9.27. The summed E-state index contributed by atoms with van der Waals surface area (Å²) in [6, 6.07) is 16.3. The first-order valence-corrected chi connectivity index (χ1v) is 12.1. The largest absolute Gasteiger partial charge is 0.481 e. The average molecular weight is 465 g/mol. The van der Waals surface area contributed by atoms with Crippen LogP contribution in [0, 0.1) is 5.41 Å². The fraction of sp³-hybridized carbons (Fsp3) is 0.444. The van der Waals surface area contributed by atoms with Gasteiger partial charge in [-0.05, 0) is 35.1 Å². The van der Waals surface area contributed by atoms with Crippen LogP contribution < -0.4 is 10.6 Å². The van der Waals surface area contributed by atoms with Crippen LogP contribution >= 0.6 is 0 Å². The molecule has 0 heterocycles. The lowest BCUT2D eigenvalue weighted by Gasteiger charge is -2.31. The first-order valence-electron chi connectivity index (χ1n) is 12.1. The van der Waals surface area contributed by atoms with Crippen molar-refractivity contribution in [2.75, 3.05) is 19.7 Å². The Kier molecular flexibility index (Phi) is 7.50. The summed E-state index contributed by atoms with van der Waals surface area (Å²) in [5, 5.41) is 14.5. The molecule has 0 radical (unpaired) electrons. The zero-order chi connectivity index (χ0) is 24.0. The van der Waals surface area contributed by atoms with Crippen LogP contribution in [-0.4, -0.2) is 42.8 Å². The van der Waals surface area contributed by atoms with Crippen molar-refractivity contribution in [2.45, 2.75) is 50.9 Å². The quantitative estimate of drug-likeness (QED) is 0.501. The van der Waals surface area contributed by atoms with Crippen LogP contribution in [0.15, 0.2) is 48.5 Å². The van der Waals surface area contributed by atoms with Crippen molar-refractivity contribution in [1.29, 1.82) is 0 Å². The third-order valence-corrected chi connectivity index (χ3v) is 7.08. The maximum absolute atomic E-state index is 13.0. The molecule has 7 nitrogen and oxygen atoms in total. The molecule has 1 fully saturated rings. The summed E-state index contributed by atoms with van der Waals surface area (Å²) in [6.07, 6.45) is 4.57. The topological polar surface area (TPSA) is 105 Å². The number of nitrogens with one attached hydrogen (secondary N) is 2. The van der Waals surface area contributed by atoms with E-state index in [1.54, 1.807) is 0 Å². The minimum atomic E-state index is -0.952. The number of benzene rings is 2. The van der Waals surface area contributed by atoms with Crippen molar-refractivity contribution in [3.8, 4) is 11.1 Å². The number of carboxylic acid groups (broad SMARTS) is 1. The van der Waals surface area contributed by atoms with E-state index < -0.39 is 17.5 Å². The Balaban J connectivity index is 1.38. The van der Waals surface area contributed by atoms with E-state index in [9.17, 15) is 14.4 Å². The average Bonchev–Trinajstić information content (AvgIpc) is 2.97. The van der Waals surface area contributed by atoms with E-state index in [1.807, 2.05) is 24.3 Å². The molecule has 7 heteroatoms. The molecule has 0 bridgehead atoms. The van der Waals surface area contributed by atoms with Crippen molar-refractivity contribution < 1.29 is 24.2 Å². The highest BCUT2D eigenvalue weighted by Gasteiger charge is 2.39. The van der Waals surface area contributed by atoms with Gasteiger partial charge in [-0.15, -0.1) is 0 Å². The summed E-state index contributed by atoms with van der Waals surface area (Å²) < 4.78 is 5.64. The van der Waals surface area contributed by atoms with Gasteiger partial charge in [-0.25, -0.2) is 4.79 Å². The predicted molar refractivity (Wildman–Crippen MR) is 128 cm³/mol. The number of hydrogen-bond donors (Lipinski definition) is 3. The molecular weight excluding hydrogens is 432 g/mol. The minimum absolute atomic E-state index is 0.0238. The molecule has 2 aliphatic carbocycles. The summed E-state index contributed by atoms with van der Waals surface area (Å²) in [5.41, 5.74) is 3.90. The number of aliphatic carboxylic acids is 1. The molecule has 0 unspecified atom stereocenters. The van der Waals surface area contributed by atoms with Crippen molar-refractivity contribution in [3.63, 3.8) is 0 Å². The molecule has 2 aromatic carbocycles. The fourth-order valence-electron chi connectivity index (χ4n) is 5.25. The molecule has 0 aliphatic heterocycles. The van der Waals surface area contributed by atoms with Crippen LogP contribution in [0.2, 0.25) is 0 Å². The standard InChI is InChI=1S/C27H32N2O5/c30-24(31)13-16-28-25(32)27(14-7-1-2-8-15-27)18-29-26(33)34-17-23-21-11-5-3-9-19(21)20-10-4-6-12-22(20)23/h3-6,9-12,23H,1-2,7-8,13-18H2,(H,28,32)(H,29,33)(H,30,31). The summed E-state index contributed by atoms with van der Waals surface area (Å²) >= 11 is 0. The highest BCUT2D eigenvalue weighted by atomic mass is 16.5. The number of fused-ring (bicyclic) bond motifs is 3. The van der Waals surface area contributed by atoms with E-state index in [2.05, 4.69) is 34.9 Å². The Morgan fingerprint density at radius 3 is 2.06 bits per heavy atom. The van der Waals surface area contributed by atoms with E-state index in [-0.39, 0.29) is 37.9 Å². The molecule has 34 heavy (non-hydrogen) atoms. The van der Waals surface area contributed by atoms with Gasteiger partial charge in [-0.3, -0.25) is 9.59 Å². The third-order valence-electron chi connectivity index (χ3n) is 7.08. The van der Waals surface area contributed by atoms with Crippen LogP contribution in [0.25, 0.3) is 11.1 Å². The van der Waals surface area contributed by atoms with Gasteiger partial charge < -0.3 is 20.5 Å². The SMILES string of the molecule is O=C(O)CCNC(=O)C1(CNC(=O)OCC2c3ccccc3-c3ccccc32)CCCCCC1. The molecule has 2 aliphatic rings. The van der Waals surface area contributed by atoms with Gasteiger partial charge in [-0.2, -0.15) is 0 Å². The zero-order valence-electron chi connectivity index (χ0n) is 19.3. The van der Waals surface area contributed by atoms with Gasteiger partial charge >= 0.3 is 12.1 Å². The van der Waals surface area contributed by atoms with Crippen LogP contribution in [0.3, 0.4) is 0 Å². The molecule has 0 aromatic heterocycles. The number of hydrogen-bond acceptors (Lipinski definition) is 4. The maximum atomic E-state index is 13.0. The van der Waals surface area contributed by atoms with Crippen LogP contribution in [0.1, 0.15) is 62.0 Å². The molecule has 3 N–H and O–H groups in total. The van der Waals surface area contributed by atoms with E-state index >= 15 is 0 Å². The van der Waals surface area contributed by atoms with Crippen LogP contribution in [-0.2, 0) is 14.3 Å². The summed E-state index contributed by atoms with van der Waals surface area (Å²) in [4.78, 5) is 36.5. The predicted octanol–water partition coefficient (Wildman–Crippen LogP) is 4.46. The normalized spacial score (nSPS) is 16.6. The Bertz CT molecular complexity index is 997. The molecule has 4 rings (SSSR count). The van der Waals surface area contributed by atoms with Crippen molar-refractivity contribution in [3.05, 3.63) is 59.7 Å². The lowest BCUT2D eigenvalue weighted by atomic mass is 9.79. The number of carbonyl (C=O) groups is 3. The molecule has 1 saturated carbocycles. The Hall–Kier alpha value is -3.35. The highest BCUT2D eigenvalue weighted by molar-refractivity contribution is 5.84. The summed E-state index contributed by atoms with van der Waals surface area (Å²) in [7, 11) is 0. The third kappa shape index (κ3) is 5.24. The lowest BCUT2D eigenvalue weighted by molar-refractivity contribution is -0.137. The molecule has 0 saturated heterocycles. The Labute approximate surface area is 199 Å². The van der Waals surface area contributed by atoms with Gasteiger partial charge in [0.25, 0.3) is 0 Å². The summed E-state index contributed by atoms with van der Waals surface area (Å²) in [5.74, 6) is -1.16. The number of carboxylic acids is 1. The number of carbonyl (C=O) groups excluding carboxylic acids is 2. The van der Waals surface area contributed by atoms with Gasteiger partial charge in [0, 0.05) is 19.0 Å². The molecule has 180 valence electrons. The molecular formula is C27H32N2O5. The zero-order valence-corrected chi connectivity index (χ0v) is 19.3. The first kappa shape index (κ1) is 23.8. The Morgan fingerprint density at radius 1 is 0.882 bits per heavy atom. The van der Waals surface area contributed by atoms with Crippen LogP contribution in [0.5, 0.6) is 0 Å². The van der Waals surface area contributed by atoms with Crippen LogP contribution in [0.4, 0.5) is 4.79 Å². The number of rotatable bonds is 8. The lowest BCUT2D eigenvalue weighted by Crippen LogP contribution is -2.49. The van der Waals surface area contributed by atoms with Crippen molar-refractivity contribution in [2.24, 2.45) is 5.41 Å². The monoisotopic (exact) mass is 464 g/mol. The van der Waals surface area contributed by atoms with E-state index in [0.29, 0.717) is 12.8 Å². The van der Waals surface area contributed by atoms with E-state index in [1.165, 1.54) is 11.1 Å².